The van der Waals surface area contributed by atoms with E-state index in [4.69, 9.17) is 25.5 Å². The fraction of sp³-hybridized carbons (Fsp3) is 0.522. The molecular weight excluding hydrogens is 674 g/mol. The highest BCUT2D eigenvalue weighted by molar-refractivity contribution is 7.60. The van der Waals surface area contributed by atoms with E-state index in [1.165, 1.54) is 46.3 Å². The second kappa shape index (κ2) is 14.2. The van der Waals surface area contributed by atoms with Gasteiger partial charge in [0.1, 0.15) is 42.4 Å². The van der Waals surface area contributed by atoms with Gasteiger partial charge in [-0.05, 0) is 6.07 Å². The van der Waals surface area contributed by atoms with Crippen LogP contribution in [0.25, 0.3) is 11.2 Å². The molecule has 0 radical (unpaired) electrons. The fourth-order valence-corrected chi connectivity index (χ4v) is 6.92. The third kappa shape index (κ3) is 7.82. The number of carbonyl (C=O) groups excluding carboxylic acids is 1. The molecule has 0 spiro atoms. The third-order valence-corrected chi connectivity index (χ3v) is 9.71. The number of hydrogen-bond acceptors (Lipinski definition) is 18. The normalized spacial score (nSPS) is 30.3. The van der Waals surface area contributed by atoms with Crippen molar-refractivity contribution in [3.63, 3.8) is 0 Å². The summed E-state index contributed by atoms with van der Waals surface area (Å²) in [4.78, 5) is 46.3. The molecule has 5 rings (SSSR count). The van der Waals surface area contributed by atoms with E-state index >= 15 is 0 Å². The van der Waals surface area contributed by atoms with Gasteiger partial charge in [-0.3, -0.25) is 18.5 Å². The molecule has 10 atom stereocenters. The number of hydrogen-bond donors (Lipinski definition) is 8. The number of rotatable bonds is 14. The van der Waals surface area contributed by atoms with E-state index in [1.807, 2.05) is 0 Å². The first kappa shape index (κ1) is 35.3. The Morgan fingerprint density at radius 2 is 1.77 bits per heavy atom. The molecule has 258 valence electrons. The van der Waals surface area contributed by atoms with Crippen LogP contribution in [0.3, 0.4) is 0 Å². The van der Waals surface area contributed by atoms with Crippen LogP contribution in [0, 0.1) is 0 Å². The number of aliphatic hydroxyl groups is 4. The van der Waals surface area contributed by atoms with Crippen LogP contribution in [-0.2, 0) is 32.0 Å². The lowest BCUT2D eigenvalue weighted by Crippen LogP contribution is -2.46. The molecule has 10 N–H and O–H groups in total. The van der Waals surface area contributed by atoms with Crippen LogP contribution in [-0.4, -0.2) is 114 Å². The van der Waals surface area contributed by atoms with Gasteiger partial charge in [0.25, 0.3) is 20.0 Å². The molecule has 3 aromatic heterocycles. The van der Waals surface area contributed by atoms with Crippen LogP contribution >= 0.6 is 15.6 Å². The van der Waals surface area contributed by atoms with Crippen LogP contribution in [0.1, 0.15) is 22.8 Å². The van der Waals surface area contributed by atoms with E-state index < -0.39 is 83.8 Å². The summed E-state index contributed by atoms with van der Waals surface area (Å²) in [7, 11) is -11.1. The Bertz CT molecular complexity index is 1680. The van der Waals surface area contributed by atoms with Crippen molar-refractivity contribution in [2.24, 2.45) is 11.5 Å². The zero-order valence-corrected chi connectivity index (χ0v) is 25.9. The molecular formula is C23H32N8O14P2. The molecule has 5 unspecified atom stereocenters. The van der Waals surface area contributed by atoms with Crippen molar-refractivity contribution < 1.29 is 71.5 Å². The van der Waals surface area contributed by atoms with E-state index in [0.29, 0.717) is 24.4 Å². The van der Waals surface area contributed by atoms with Gasteiger partial charge in [0.15, 0.2) is 41.7 Å². The van der Waals surface area contributed by atoms with Crippen molar-refractivity contribution in [3.8, 4) is 0 Å². The first-order valence-electron chi connectivity index (χ1n) is 13.8. The summed E-state index contributed by atoms with van der Waals surface area (Å²) in [6.07, 6.45) is -6.92. The van der Waals surface area contributed by atoms with Crippen molar-refractivity contribution in [3.05, 3.63) is 42.7 Å². The van der Waals surface area contributed by atoms with E-state index in [9.17, 15) is 44.1 Å². The predicted molar refractivity (Wildman–Crippen MR) is 150 cm³/mol. The Kier molecular flexibility index (Phi) is 10.7. The largest absolute Gasteiger partial charge is 0.756 e. The number of nitrogens with one attached hydrogen (secondary N) is 1. The summed E-state index contributed by atoms with van der Waals surface area (Å²) in [5, 5.41) is 44.8. The Morgan fingerprint density at radius 3 is 2.49 bits per heavy atom. The number of amides is 1. The number of nitrogens with two attached hydrogens (primary N) is 2. The van der Waals surface area contributed by atoms with Crippen LogP contribution in [0.15, 0.2) is 37.2 Å². The summed E-state index contributed by atoms with van der Waals surface area (Å²) < 4.78 is 51.9. The summed E-state index contributed by atoms with van der Waals surface area (Å²) >= 11 is 0. The molecule has 2 aliphatic rings. The second-order valence-electron chi connectivity index (χ2n) is 10.3. The number of imidazole rings is 1. The molecule has 0 saturated carbocycles. The van der Waals surface area contributed by atoms with Crippen LogP contribution < -0.4 is 26.2 Å². The maximum absolute atomic E-state index is 12.5. The first-order valence-corrected chi connectivity index (χ1v) is 16.8. The van der Waals surface area contributed by atoms with Gasteiger partial charge in [-0.15, -0.1) is 0 Å². The number of fused-ring (bicyclic) bond motifs is 1. The molecule has 2 aliphatic heterocycles. The number of aromatic nitrogens is 5. The summed E-state index contributed by atoms with van der Waals surface area (Å²) in [6.45, 7) is -1.18. The van der Waals surface area contributed by atoms with Gasteiger partial charge in [-0.25, -0.2) is 23.8 Å². The van der Waals surface area contributed by atoms with Crippen LogP contribution in [0.2, 0.25) is 0 Å². The zero-order valence-electron chi connectivity index (χ0n) is 24.1. The average molecular weight is 706 g/mol. The Balaban J connectivity index is 1.16. The van der Waals surface area contributed by atoms with Crippen LogP contribution in [0.5, 0.6) is 0 Å². The monoisotopic (exact) mass is 706 g/mol. The maximum atomic E-state index is 12.5. The molecule has 3 aromatic rings. The molecule has 0 aliphatic carbocycles. The Labute approximate surface area is 264 Å². The molecule has 5 heterocycles. The molecule has 0 bridgehead atoms. The number of carbonyl (C=O) groups is 1. The minimum atomic E-state index is -5.63. The highest BCUT2D eigenvalue weighted by Crippen LogP contribution is 2.58. The highest BCUT2D eigenvalue weighted by atomic mass is 31.3. The van der Waals surface area contributed by atoms with Gasteiger partial charge in [0.2, 0.25) is 0 Å². The number of ether oxygens (including phenoxy) is 2. The molecule has 2 saturated heterocycles. The lowest BCUT2D eigenvalue weighted by Gasteiger charge is -2.26. The van der Waals surface area contributed by atoms with Crippen molar-refractivity contribution in [1.82, 2.24) is 19.5 Å². The van der Waals surface area contributed by atoms with Crippen molar-refractivity contribution in [1.29, 1.82) is 0 Å². The van der Waals surface area contributed by atoms with Crippen molar-refractivity contribution in [2.45, 2.75) is 49.1 Å². The predicted octanol–water partition coefficient (Wildman–Crippen LogP) is -3.86. The lowest BCUT2D eigenvalue weighted by atomic mass is 10.1. The quantitative estimate of drug-likeness (QED) is 0.0587. The SMILES string of the molecule is NCCNc1ncnc2c1ncn2C1O[C@H](COP(=O)(O)OP(=O)([O-])OC[C@H]2O[C@@H]([n+]3cccc(C(N)=O)c3)[C@@H](O)C2O)[C@H](O)C1O. The lowest BCUT2D eigenvalue weighted by molar-refractivity contribution is -0.765. The first-order chi connectivity index (χ1) is 22.2. The van der Waals surface area contributed by atoms with E-state index in [0.717, 1.165) is 0 Å². The highest BCUT2D eigenvalue weighted by Gasteiger charge is 2.49. The smallest absolute Gasteiger partial charge is 0.478 e. The topological polar surface area (TPSA) is 333 Å². The number of phosphoric acid groups is 2. The number of pyridine rings is 1. The average Bonchev–Trinajstić information content (AvgIpc) is 3.67. The van der Waals surface area contributed by atoms with Gasteiger partial charge in [-0.1, -0.05) is 0 Å². The van der Waals surface area contributed by atoms with Crippen molar-refractivity contribution in [2.75, 3.05) is 31.6 Å². The van der Waals surface area contributed by atoms with Crippen LogP contribution in [0.4, 0.5) is 5.82 Å². The number of primary amides is 1. The van der Waals surface area contributed by atoms with Gasteiger partial charge in [0.05, 0.1) is 19.5 Å². The van der Waals surface area contributed by atoms with Crippen molar-refractivity contribution >= 4 is 38.5 Å². The number of phosphoric ester groups is 2. The molecule has 24 heteroatoms. The van der Waals surface area contributed by atoms with E-state index in [2.05, 4.69) is 29.1 Å². The minimum Gasteiger partial charge on any atom is -0.756 e. The summed E-state index contributed by atoms with van der Waals surface area (Å²) in [6, 6.07) is 2.82. The van der Waals surface area contributed by atoms with Gasteiger partial charge < -0.3 is 61.0 Å². The molecule has 22 nitrogen and oxygen atoms in total. The summed E-state index contributed by atoms with van der Waals surface area (Å²) in [5.41, 5.74) is 11.3. The van der Waals surface area contributed by atoms with E-state index in [-0.39, 0.29) is 11.2 Å². The third-order valence-electron chi connectivity index (χ3n) is 7.15. The fourth-order valence-electron chi connectivity index (χ4n) is 4.87. The molecule has 0 aromatic carbocycles. The Morgan fingerprint density at radius 1 is 1.06 bits per heavy atom. The summed E-state index contributed by atoms with van der Waals surface area (Å²) in [5.74, 6) is -0.418. The second-order valence-corrected chi connectivity index (χ2v) is 13.3. The van der Waals surface area contributed by atoms with Gasteiger partial charge >= 0.3 is 7.82 Å². The Hall–Kier alpha value is -3.05. The zero-order chi connectivity index (χ0) is 34.1. The van der Waals surface area contributed by atoms with Gasteiger partial charge in [0, 0.05) is 19.2 Å². The van der Waals surface area contributed by atoms with Gasteiger partial charge in [-0.2, -0.15) is 4.57 Å². The number of anilines is 1. The standard InChI is InChI=1S/C23H32N8O14P2/c24-3-4-26-20-14-21(28-9-27-20)31(10-29-14)23-18(35)16(33)13(44-23)8-42-47(39,40)45-46(37,38)41-7-12-15(32)17(34)22(43-12)30-5-1-2-11(6-30)19(25)36/h1-2,5-6,9-10,12-13,15-18,22-23,32-35H,3-4,7-8,24H2,(H4-,25,26,27,28,36,37,38,39,40)/t12-,13-,15?,16+,17+,18?,22-,23?/m1/s1. The molecule has 2 fully saturated rings. The minimum absolute atomic E-state index is 0.0594. The number of aliphatic hydroxyl groups excluding tert-OH is 4. The van der Waals surface area contributed by atoms with E-state index in [1.54, 1.807) is 0 Å². The number of nitrogens with zero attached hydrogens (tertiary/aromatic N) is 5. The molecule has 47 heavy (non-hydrogen) atoms. The maximum Gasteiger partial charge on any atom is 0.478 e. The molecule has 1 amide bonds.